The zero-order chi connectivity index (χ0) is 38.9. The van der Waals surface area contributed by atoms with E-state index < -0.39 is 5.41 Å². The molecule has 0 fully saturated rings. The number of hydrogen-bond donors (Lipinski definition) is 0. The number of anilines is 6. The maximum Gasteiger partial charge on any atom is 0.0713 e. The zero-order valence-electron chi connectivity index (χ0n) is 31.8. The Bertz CT molecular complexity index is 2800. The molecule has 0 bridgehead atoms. The minimum atomic E-state index is -0.460. The van der Waals surface area contributed by atoms with Crippen molar-refractivity contribution in [2.45, 2.75) is 5.41 Å². The van der Waals surface area contributed by atoms with Gasteiger partial charge in [-0.3, -0.25) is 0 Å². The van der Waals surface area contributed by atoms with Crippen LogP contribution in [0.25, 0.3) is 22.3 Å². The fraction of sp³-hybridized carbons (Fsp3) is 0.0182. The highest BCUT2D eigenvalue weighted by atomic mass is 79.9. The second-order valence-corrected chi connectivity index (χ2v) is 15.6. The van der Waals surface area contributed by atoms with Crippen molar-refractivity contribution in [2.24, 2.45) is 0 Å². The largest absolute Gasteiger partial charge is 0.310 e. The topological polar surface area (TPSA) is 6.48 Å². The van der Waals surface area contributed by atoms with Gasteiger partial charge in [-0.05, 0) is 111 Å². The summed E-state index contributed by atoms with van der Waals surface area (Å²) in [4.78, 5) is 4.72. The van der Waals surface area contributed by atoms with E-state index in [2.05, 4.69) is 262 Å². The summed E-state index contributed by atoms with van der Waals surface area (Å²) >= 11 is 3.98. The van der Waals surface area contributed by atoms with E-state index in [4.69, 9.17) is 0 Å². The molecule has 0 amide bonds. The number of fused-ring (bicyclic) bond motifs is 3. The Morgan fingerprint density at radius 2 is 0.741 bits per heavy atom. The van der Waals surface area contributed by atoms with Crippen molar-refractivity contribution >= 4 is 50.1 Å². The molecule has 0 heterocycles. The predicted molar refractivity (Wildman–Crippen MR) is 246 cm³/mol. The second-order valence-electron chi connectivity index (χ2n) is 14.7. The van der Waals surface area contributed by atoms with E-state index in [-0.39, 0.29) is 0 Å². The molecule has 0 N–H and O–H groups in total. The number of benzene rings is 9. The molecule has 0 unspecified atom stereocenters. The van der Waals surface area contributed by atoms with Crippen LogP contribution in [0.5, 0.6) is 0 Å². The molecule has 276 valence electrons. The predicted octanol–water partition coefficient (Wildman–Crippen LogP) is 15.4. The van der Waals surface area contributed by atoms with Crippen molar-refractivity contribution in [1.29, 1.82) is 0 Å². The van der Waals surface area contributed by atoms with E-state index in [9.17, 15) is 0 Å². The quantitative estimate of drug-likeness (QED) is 0.143. The summed E-state index contributed by atoms with van der Waals surface area (Å²) in [5, 5.41) is 0. The summed E-state index contributed by atoms with van der Waals surface area (Å²) in [5.74, 6) is 0. The molecule has 0 aromatic heterocycles. The Labute approximate surface area is 349 Å². The fourth-order valence-corrected chi connectivity index (χ4v) is 9.37. The van der Waals surface area contributed by atoms with Crippen molar-refractivity contribution in [3.63, 3.8) is 0 Å². The molecule has 58 heavy (non-hydrogen) atoms. The van der Waals surface area contributed by atoms with Crippen LogP contribution in [0.3, 0.4) is 0 Å². The van der Waals surface area contributed by atoms with Crippen LogP contribution >= 0.6 is 15.9 Å². The lowest BCUT2D eigenvalue weighted by molar-refractivity contribution is 0.768. The highest BCUT2D eigenvalue weighted by molar-refractivity contribution is 9.10. The third-order valence-corrected chi connectivity index (χ3v) is 11.8. The Balaban J connectivity index is 1.16. The van der Waals surface area contributed by atoms with Crippen molar-refractivity contribution in [1.82, 2.24) is 0 Å². The van der Waals surface area contributed by atoms with Crippen LogP contribution in [0.15, 0.2) is 241 Å². The summed E-state index contributed by atoms with van der Waals surface area (Å²) in [6.07, 6.45) is 0. The fourth-order valence-electron chi connectivity index (χ4n) is 8.90. The lowest BCUT2D eigenvalue weighted by atomic mass is 9.68. The van der Waals surface area contributed by atoms with Crippen LogP contribution in [-0.2, 0) is 5.41 Å². The van der Waals surface area contributed by atoms with Gasteiger partial charge in [-0.15, -0.1) is 0 Å². The zero-order valence-corrected chi connectivity index (χ0v) is 33.4. The highest BCUT2D eigenvalue weighted by Crippen LogP contribution is 2.57. The molecule has 1 aliphatic carbocycles. The minimum absolute atomic E-state index is 0.460. The summed E-state index contributed by atoms with van der Waals surface area (Å²) in [6, 6.07) is 85.4. The standard InChI is InChI=1S/C55H39BrN2/c56-44-36-49(57(45-26-12-4-13-27-45)47-30-18-21-41(35-47)40-19-6-1-7-20-40)38-50(37-44)58(46-28-14-5-15-29-46)48-33-34-54-52(39-48)51-31-16-17-32-53(51)55(54,42-22-8-2-9-23-42)43-24-10-3-11-25-43/h1-39H. The van der Waals surface area contributed by atoms with E-state index in [1.807, 2.05) is 0 Å². The maximum atomic E-state index is 3.98. The van der Waals surface area contributed by atoms with E-state index in [0.29, 0.717) is 0 Å². The molecule has 0 spiro atoms. The van der Waals surface area contributed by atoms with Gasteiger partial charge in [0.1, 0.15) is 0 Å². The normalized spacial score (nSPS) is 12.4. The van der Waals surface area contributed by atoms with Crippen LogP contribution in [0.4, 0.5) is 34.1 Å². The van der Waals surface area contributed by atoms with Gasteiger partial charge in [-0.25, -0.2) is 0 Å². The third kappa shape index (κ3) is 6.21. The van der Waals surface area contributed by atoms with Crippen LogP contribution < -0.4 is 9.80 Å². The lowest BCUT2D eigenvalue weighted by Crippen LogP contribution is -2.28. The smallest absolute Gasteiger partial charge is 0.0713 e. The van der Waals surface area contributed by atoms with Gasteiger partial charge in [0, 0.05) is 38.6 Å². The van der Waals surface area contributed by atoms with Crippen LogP contribution in [-0.4, -0.2) is 0 Å². The molecule has 10 rings (SSSR count). The Morgan fingerprint density at radius 3 is 1.33 bits per heavy atom. The van der Waals surface area contributed by atoms with Gasteiger partial charge in [0.15, 0.2) is 0 Å². The molecule has 2 nitrogen and oxygen atoms in total. The van der Waals surface area contributed by atoms with Gasteiger partial charge < -0.3 is 9.80 Å². The first-order valence-corrected chi connectivity index (χ1v) is 20.5. The van der Waals surface area contributed by atoms with Gasteiger partial charge in [-0.2, -0.15) is 0 Å². The first kappa shape index (κ1) is 35.5. The molecule has 0 saturated heterocycles. The maximum absolute atomic E-state index is 3.98. The number of halogens is 1. The molecule has 3 heteroatoms. The lowest BCUT2D eigenvalue weighted by Gasteiger charge is -2.34. The Hall–Kier alpha value is -6.94. The van der Waals surface area contributed by atoms with E-state index in [0.717, 1.165) is 38.6 Å². The number of para-hydroxylation sites is 2. The Morgan fingerprint density at radius 1 is 0.293 bits per heavy atom. The van der Waals surface area contributed by atoms with E-state index >= 15 is 0 Å². The van der Waals surface area contributed by atoms with Crippen molar-refractivity contribution < 1.29 is 0 Å². The molecule has 0 saturated carbocycles. The van der Waals surface area contributed by atoms with Crippen LogP contribution in [0.2, 0.25) is 0 Å². The molecule has 1 aliphatic rings. The summed E-state index contributed by atoms with van der Waals surface area (Å²) in [6.45, 7) is 0. The van der Waals surface area contributed by atoms with Gasteiger partial charge >= 0.3 is 0 Å². The molecule has 0 aliphatic heterocycles. The molecular weight excluding hydrogens is 769 g/mol. The van der Waals surface area contributed by atoms with Crippen molar-refractivity contribution in [2.75, 3.05) is 9.80 Å². The number of nitrogens with zero attached hydrogens (tertiary/aromatic N) is 2. The summed E-state index contributed by atoms with van der Waals surface area (Å²) in [7, 11) is 0. The second kappa shape index (κ2) is 15.2. The van der Waals surface area contributed by atoms with Gasteiger partial charge in [-0.1, -0.05) is 186 Å². The van der Waals surface area contributed by atoms with Crippen molar-refractivity contribution in [3.05, 3.63) is 263 Å². The van der Waals surface area contributed by atoms with Crippen molar-refractivity contribution in [3.8, 4) is 22.3 Å². The monoisotopic (exact) mass is 806 g/mol. The molecule has 0 atom stereocenters. The average molecular weight is 808 g/mol. The van der Waals surface area contributed by atoms with E-state index in [1.165, 1.54) is 44.5 Å². The van der Waals surface area contributed by atoms with Crippen LogP contribution in [0.1, 0.15) is 22.3 Å². The highest BCUT2D eigenvalue weighted by Gasteiger charge is 2.46. The third-order valence-electron chi connectivity index (χ3n) is 11.3. The molecule has 9 aromatic rings. The first-order valence-electron chi connectivity index (χ1n) is 19.7. The summed E-state index contributed by atoms with van der Waals surface area (Å²) < 4.78 is 0.986. The molecule has 0 radical (unpaired) electrons. The van der Waals surface area contributed by atoms with E-state index in [1.54, 1.807) is 0 Å². The van der Waals surface area contributed by atoms with Crippen LogP contribution in [0, 0.1) is 0 Å². The minimum Gasteiger partial charge on any atom is -0.310 e. The molecule has 9 aromatic carbocycles. The number of rotatable bonds is 9. The summed E-state index contributed by atoms with van der Waals surface area (Å²) in [5.41, 5.74) is 15.9. The SMILES string of the molecule is Brc1cc(N(c2ccccc2)c2cccc(-c3ccccc3)c2)cc(N(c2ccccc2)c2ccc3c(c2)-c2ccccc2C3(c2ccccc2)c2ccccc2)c1. The first-order chi connectivity index (χ1) is 28.7. The Kier molecular flexibility index (Phi) is 9.29. The number of hydrogen-bond acceptors (Lipinski definition) is 2. The molecular formula is C55H39BrN2. The van der Waals surface area contributed by atoms with Gasteiger partial charge in [0.05, 0.1) is 5.41 Å². The van der Waals surface area contributed by atoms with Gasteiger partial charge in [0.2, 0.25) is 0 Å². The van der Waals surface area contributed by atoms with Gasteiger partial charge in [0.25, 0.3) is 0 Å². The average Bonchev–Trinajstić information content (AvgIpc) is 3.59.